The van der Waals surface area contributed by atoms with Crippen molar-refractivity contribution in [2.24, 2.45) is 0 Å². The van der Waals surface area contributed by atoms with Crippen molar-refractivity contribution in [3.8, 4) is 0 Å². The molecule has 0 aromatic rings. The molecule has 4 nitrogen and oxygen atoms in total. The zero-order valence-corrected chi connectivity index (χ0v) is 6.39. The molecule has 0 spiro atoms. The van der Waals surface area contributed by atoms with E-state index in [1.165, 1.54) is 6.08 Å². The zero-order chi connectivity index (χ0) is 8.48. The van der Waals surface area contributed by atoms with Crippen LogP contribution in [0.4, 0.5) is 0 Å². The lowest BCUT2D eigenvalue weighted by Gasteiger charge is -1.88. The number of carbonyl (C=O) groups excluding carboxylic acids is 1. The number of rotatable bonds is 2. The molecular weight excluding hydrogens is 166 g/mol. The molecule has 5 heteroatoms. The highest BCUT2D eigenvalue weighted by Gasteiger charge is 2.12. The van der Waals surface area contributed by atoms with Gasteiger partial charge in [-0.1, -0.05) is 0 Å². The summed E-state index contributed by atoms with van der Waals surface area (Å²) in [6, 6.07) is 0. The van der Waals surface area contributed by atoms with Crippen LogP contribution in [0.3, 0.4) is 0 Å². The predicted octanol–water partition coefficient (Wildman–Crippen LogP) is 0.0120. The summed E-state index contributed by atoms with van der Waals surface area (Å²) >= 11 is 0. The van der Waals surface area contributed by atoms with Gasteiger partial charge in [-0.15, -0.1) is 0 Å². The topological polar surface area (TPSA) is 75.0 Å². The van der Waals surface area contributed by atoms with Crippen molar-refractivity contribution in [2.75, 3.05) is 0 Å². The maximum Gasteiger partial charge on any atom is 0.242 e. The first-order valence-electron chi connectivity index (χ1n) is 2.88. The Morgan fingerprint density at radius 3 is 2.55 bits per heavy atom. The number of allylic oxidation sites excluding steroid dienone is 1. The van der Waals surface area contributed by atoms with E-state index in [1.807, 2.05) is 0 Å². The van der Waals surface area contributed by atoms with Gasteiger partial charge in [0.05, 0.1) is 6.42 Å². The van der Waals surface area contributed by atoms with Crippen LogP contribution >= 0.6 is 0 Å². The first kappa shape index (κ1) is 8.00. The molecule has 0 aliphatic carbocycles. The highest BCUT2D eigenvalue weighted by molar-refractivity contribution is 7.97. The van der Waals surface area contributed by atoms with Gasteiger partial charge in [-0.25, -0.2) is 8.42 Å². The van der Waals surface area contributed by atoms with Gasteiger partial charge in [-0.2, -0.15) is 0 Å². The van der Waals surface area contributed by atoms with E-state index in [9.17, 15) is 13.2 Å². The molecule has 1 heterocycles. The molecule has 1 aliphatic heterocycles. The Kier molecular flexibility index (Phi) is 1.82. The molecule has 0 aromatic carbocycles. The molecule has 59 valence electrons. The van der Waals surface area contributed by atoms with Gasteiger partial charge in [0.15, 0.2) is 9.84 Å². The SMILES string of the molecule is [NH]C(=O)CC1=CS(=O)(=O)C=C1. The average Bonchev–Trinajstić information content (AvgIpc) is 2.08. The quantitative estimate of drug-likeness (QED) is 0.588. The summed E-state index contributed by atoms with van der Waals surface area (Å²) in [4.78, 5) is 10.2. The van der Waals surface area contributed by atoms with Crippen molar-refractivity contribution in [1.82, 2.24) is 5.73 Å². The number of carbonyl (C=O) groups is 1. The molecular formula is C6H6NO3S. The largest absolute Gasteiger partial charge is 0.273 e. The van der Waals surface area contributed by atoms with Crippen molar-refractivity contribution in [3.63, 3.8) is 0 Å². The van der Waals surface area contributed by atoms with Crippen molar-refractivity contribution in [1.29, 1.82) is 0 Å². The molecule has 1 amide bonds. The summed E-state index contributed by atoms with van der Waals surface area (Å²) in [6.07, 6.45) is 1.21. The Morgan fingerprint density at radius 1 is 1.55 bits per heavy atom. The van der Waals surface area contributed by atoms with Crippen molar-refractivity contribution in [3.05, 3.63) is 22.5 Å². The van der Waals surface area contributed by atoms with Crippen LogP contribution in [-0.4, -0.2) is 14.3 Å². The Bertz CT molecular complexity index is 337. The molecule has 11 heavy (non-hydrogen) atoms. The van der Waals surface area contributed by atoms with E-state index in [4.69, 9.17) is 5.73 Å². The summed E-state index contributed by atoms with van der Waals surface area (Å²) in [5.41, 5.74) is 6.94. The van der Waals surface area contributed by atoms with Gasteiger partial charge in [-0.3, -0.25) is 10.5 Å². The average molecular weight is 172 g/mol. The van der Waals surface area contributed by atoms with Gasteiger partial charge in [0.1, 0.15) is 0 Å². The number of nitrogens with one attached hydrogen (secondary N) is 1. The van der Waals surface area contributed by atoms with E-state index in [1.54, 1.807) is 0 Å². The minimum Gasteiger partial charge on any atom is -0.273 e. The fraction of sp³-hybridized carbons (Fsp3) is 0.167. The van der Waals surface area contributed by atoms with Crippen LogP contribution in [0.2, 0.25) is 0 Å². The van der Waals surface area contributed by atoms with E-state index in [0.29, 0.717) is 5.57 Å². The Balaban J connectivity index is 2.81. The highest BCUT2D eigenvalue weighted by Crippen LogP contribution is 2.15. The molecule has 0 unspecified atom stereocenters. The predicted molar refractivity (Wildman–Crippen MR) is 38.9 cm³/mol. The first-order valence-corrected chi connectivity index (χ1v) is 4.49. The fourth-order valence-corrected chi connectivity index (χ4v) is 1.78. The monoisotopic (exact) mass is 172 g/mol. The second-order valence-corrected chi connectivity index (χ2v) is 3.87. The molecule has 0 saturated carbocycles. The van der Waals surface area contributed by atoms with Crippen LogP contribution in [0.1, 0.15) is 6.42 Å². The summed E-state index contributed by atoms with van der Waals surface area (Å²) in [7, 11) is -3.22. The summed E-state index contributed by atoms with van der Waals surface area (Å²) in [5.74, 6) is -0.780. The van der Waals surface area contributed by atoms with Crippen molar-refractivity contribution in [2.45, 2.75) is 6.42 Å². The zero-order valence-electron chi connectivity index (χ0n) is 5.57. The standard InChI is InChI=1S/C6H6NO3S/c7-6(8)3-5-1-2-11(9,10)4-5/h1-2,4,7H,3H2. The fourth-order valence-electron chi connectivity index (χ4n) is 0.758. The Labute approximate surface area is 64.3 Å². The third-order valence-electron chi connectivity index (χ3n) is 1.15. The molecule has 0 fully saturated rings. The molecule has 0 bridgehead atoms. The Hall–Kier alpha value is -1.10. The third-order valence-corrected chi connectivity index (χ3v) is 2.30. The molecule has 1 radical (unpaired) electrons. The van der Waals surface area contributed by atoms with E-state index >= 15 is 0 Å². The molecule has 0 saturated heterocycles. The lowest BCUT2D eigenvalue weighted by Crippen LogP contribution is -1.97. The van der Waals surface area contributed by atoms with Gasteiger partial charge >= 0.3 is 0 Å². The second kappa shape index (κ2) is 2.50. The van der Waals surface area contributed by atoms with E-state index in [0.717, 1.165) is 10.8 Å². The molecule has 1 aliphatic rings. The van der Waals surface area contributed by atoms with E-state index in [2.05, 4.69) is 0 Å². The normalized spacial score (nSPS) is 19.8. The molecule has 1 N–H and O–H groups in total. The summed E-state index contributed by atoms with van der Waals surface area (Å²) in [6.45, 7) is 0. The van der Waals surface area contributed by atoms with Gasteiger partial charge in [0, 0.05) is 10.8 Å². The van der Waals surface area contributed by atoms with Crippen LogP contribution in [-0.2, 0) is 14.6 Å². The lowest BCUT2D eigenvalue weighted by molar-refractivity contribution is -0.117. The van der Waals surface area contributed by atoms with Crippen LogP contribution in [0.5, 0.6) is 0 Å². The van der Waals surface area contributed by atoms with Crippen molar-refractivity contribution < 1.29 is 13.2 Å². The van der Waals surface area contributed by atoms with Crippen LogP contribution < -0.4 is 5.73 Å². The lowest BCUT2D eigenvalue weighted by atomic mass is 10.2. The number of amides is 1. The summed E-state index contributed by atoms with van der Waals surface area (Å²) < 4.78 is 21.4. The van der Waals surface area contributed by atoms with Crippen LogP contribution in [0.25, 0.3) is 0 Å². The maximum absolute atomic E-state index is 10.7. The van der Waals surface area contributed by atoms with Gasteiger partial charge in [-0.05, 0) is 11.6 Å². The van der Waals surface area contributed by atoms with Crippen molar-refractivity contribution >= 4 is 15.7 Å². The minimum absolute atomic E-state index is 0.129. The van der Waals surface area contributed by atoms with Crippen LogP contribution in [0.15, 0.2) is 22.5 Å². The highest BCUT2D eigenvalue weighted by atomic mass is 32.2. The molecule has 1 rings (SSSR count). The Morgan fingerprint density at radius 2 is 2.18 bits per heavy atom. The molecule has 0 aromatic heterocycles. The second-order valence-electron chi connectivity index (χ2n) is 2.18. The minimum atomic E-state index is -3.22. The number of hydrogen-bond donors (Lipinski definition) is 0. The van der Waals surface area contributed by atoms with E-state index in [-0.39, 0.29) is 6.42 Å². The maximum atomic E-state index is 10.7. The van der Waals surface area contributed by atoms with Crippen LogP contribution in [0, 0.1) is 0 Å². The number of hydrogen-bond acceptors (Lipinski definition) is 3. The third kappa shape index (κ3) is 2.19. The molecule has 0 atom stereocenters. The van der Waals surface area contributed by atoms with Gasteiger partial charge in [0.2, 0.25) is 5.91 Å². The number of sulfone groups is 1. The smallest absolute Gasteiger partial charge is 0.242 e. The van der Waals surface area contributed by atoms with E-state index < -0.39 is 15.7 Å². The first-order chi connectivity index (χ1) is 4.99. The summed E-state index contributed by atoms with van der Waals surface area (Å²) in [5, 5.41) is 2.02. The van der Waals surface area contributed by atoms with Gasteiger partial charge < -0.3 is 0 Å². The van der Waals surface area contributed by atoms with Gasteiger partial charge in [0.25, 0.3) is 0 Å².